The number of amides is 2. The molecule has 0 radical (unpaired) electrons. The van der Waals surface area contributed by atoms with Crippen LogP contribution in [-0.2, 0) is 10.0 Å². The van der Waals surface area contributed by atoms with Crippen molar-refractivity contribution in [3.8, 4) is 5.75 Å². The highest BCUT2D eigenvalue weighted by Gasteiger charge is 2.33. The molecule has 0 spiro atoms. The van der Waals surface area contributed by atoms with E-state index in [-0.39, 0.29) is 10.6 Å². The Morgan fingerprint density at radius 3 is 2.69 bits per heavy atom. The molecule has 86 valence electrons. The second-order valence-electron chi connectivity index (χ2n) is 3.26. The Morgan fingerprint density at radius 1 is 1.38 bits per heavy atom. The minimum Gasteiger partial charge on any atom is -0.497 e. The molecule has 1 aromatic rings. The molecule has 1 aliphatic heterocycles. The highest BCUT2D eigenvalue weighted by Crippen LogP contribution is 2.31. The van der Waals surface area contributed by atoms with Crippen LogP contribution < -0.4 is 10.1 Å². The van der Waals surface area contributed by atoms with E-state index < -0.39 is 16.1 Å². The minimum absolute atomic E-state index is 0.0361. The Bertz CT molecular complexity index is 553. The standard InChI is InChI=1S/C9H10N2O4S/c1-11-9(12)10-7-4-3-6(15-2)5-8(7)16(11,13)14/h3-5H,1-2H3,(H,10,12). The third kappa shape index (κ3) is 1.40. The maximum absolute atomic E-state index is 11.9. The zero-order valence-corrected chi connectivity index (χ0v) is 9.54. The molecule has 0 saturated heterocycles. The molecule has 1 aliphatic rings. The third-order valence-corrected chi connectivity index (χ3v) is 4.14. The Kier molecular flexibility index (Phi) is 2.27. The molecular formula is C9H10N2O4S. The summed E-state index contributed by atoms with van der Waals surface area (Å²) < 4.78 is 29.4. The predicted molar refractivity (Wildman–Crippen MR) is 57.0 cm³/mol. The van der Waals surface area contributed by atoms with E-state index in [1.165, 1.54) is 26.3 Å². The first kappa shape index (κ1) is 10.7. The van der Waals surface area contributed by atoms with Crippen molar-refractivity contribution < 1.29 is 17.9 Å². The van der Waals surface area contributed by atoms with E-state index in [2.05, 4.69) is 5.32 Å². The fourth-order valence-corrected chi connectivity index (χ4v) is 2.62. The second-order valence-corrected chi connectivity index (χ2v) is 5.20. The number of carbonyl (C=O) groups excluding carboxylic acids is 1. The van der Waals surface area contributed by atoms with Crippen molar-refractivity contribution >= 4 is 21.7 Å². The summed E-state index contributed by atoms with van der Waals surface area (Å²) in [5.74, 6) is 0.423. The van der Waals surface area contributed by atoms with Gasteiger partial charge >= 0.3 is 6.03 Å². The van der Waals surface area contributed by atoms with Crippen molar-refractivity contribution in [2.24, 2.45) is 0 Å². The van der Waals surface area contributed by atoms with Crippen LogP contribution in [0.1, 0.15) is 0 Å². The van der Waals surface area contributed by atoms with Crippen LogP contribution in [0.5, 0.6) is 5.75 Å². The molecular weight excluding hydrogens is 232 g/mol. The molecule has 0 atom stereocenters. The Hall–Kier alpha value is -1.76. The summed E-state index contributed by atoms with van der Waals surface area (Å²) in [6.45, 7) is 0. The summed E-state index contributed by atoms with van der Waals surface area (Å²) in [7, 11) is -1.12. The zero-order chi connectivity index (χ0) is 11.9. The van der Waals surface area contributed by atoms with Gasteiger partial charge in [0.05, 0.1) is 12.8 Å². The first-order valence-corrected chi connectivity index (χ1v) is 5.89. The lowest BCUT2D eigenvalue weighted by Gasteiger charge is -2.25. The van der Waals surface area contributed by atoms with E-state index in [1.54, 1.807) is 6.07 Å². The van der Waals surface area contributed by atoms with E-state index in [0.29, 0.717) is 10.1 Å². The van der Waals surface area contributed by atoms with Crippen LogP contribution in [0.15, 0.2) is 23.1 Å². The molecule has 7 heteroatoms. The molecule has 16 heavy (non-hydrogen) atoms. The summed E-state index contributed by atoms with van der Waals surface area (Å²) in [4.78, 5) is 11.4. The molecule has 1 heterocycles. The number of nitrogens with one attached hydrogen (secondary N) is 1. The van der Waals surface area contributed by atoms with E-state index >= 15 is 0 Å². The van der Waals surface area contributed by atoms with Crippen LogP contribution in [0, 0.1) is 0 Å². The van der Waals surface area contributed by atoms with Gasteiger partial charge in [-0.1, -0.05) is 0 Å². The first-order valence-electron chi connectivity index (χ1n) is 4.45. The van der Waals surface area contributed by atoms with Gasteiger partial charge in [-0.05, 0) is 12.1 Å². The van der Waals surface area contributed by atoms with Crippen LogP contribution in [0.2, 0.25) is 0 Å². The van der Waals surface area contributed by atoms with Crippen LogP contribution in [0.25, 0.3) is 0 Å². The van der Waals surface area contributed by atoms with Gasteiger partial charge < -0.3 is 10.1 Å². The van der Waals surface area contributed by atoms with Crippen molar-refractivity contribution in [1.82, 2.24) is 4.31 Å². The van der Waals surface area contributed by atoms with E-state index in [1.807, 2.05) is 0 Å². The summed E-state index contributed by atoms with van der Waals surface area (Å²) in [5, 5.41) is 2.47. The number of nitrogens with zero attached hydrogens (tertiary/aromatic N) is 1. The number of benzene rings is 1. The number of fused-ring (bicyclic) bond motifs is 1. The van der Waals surface area contributed by atoms with Crippen LogP contribution in [-0.4, -0.2) is 32.9 Å². The molecule has 0 saturated carbocycles. The fraction of sp³-hybridized carbons (Fsp3) is 0.222. The topological polar surface area (TPSA) is 75.7 Å². The first-order chi connectivity index (χ1) is 7.46. The summed E-state index contributed by atoms with van der Waals surface area (Å²) in [6.07, 6.45) is 0. The van der Waals surface area contributed by atoms with Gasteiger partial charge in [-0.2, -0.15) is 0 Å². The number of sulfonamides is 1. The van der Waals surface area contributed by atoms with Gasteiger partial charge in [0.2, 0.25) is 0 Å². The predicted octanol–water partition coefficient (Wildman–Crippen LogP) is 0.861. The average Bonchev–Trinajstić information content (AvgIpc) is 2.26. The largest absolute Gasteiger partial charge is 0.497 e. The highest BCUT2D eigenvalue weighted by atomic mass is 32.2. The minimum atomic E-state index is -3.76. The summed E-state index contributed by atoms with van der Waals surface area (Å²) >= 11 is 0. The quantitative estimate of drug-likeness (QED) is 0.792. The Morgan fingerprint density at radius 2 is 2.06 bits per heavy atom. The lowest BCUT2D eigenvalue weighted by molar-refractivity contribution is 0.240. The van der Waals surface area contributed by atoms with Gasteiger partial charge in [-0.25, -0.2) is 17.5 Å². The van der Waals surface area contributed by atoms with E-state index in [4.69, 9.17) is 4.74 Å². The van der Waals surface area contributed by atoms with E-state index in [0.717, 1.165) is 0 Å². The lowest BCUT2D eigenvalue weighted by Crippen LogP contribution is -2.40. The molecule has 0 fully saturated rings. The number of anilines is 1. The van der Waals surface area contributed by atoms with Crippen LogP contribution >= 0.6 is 0 Å². The van der Waals surface area contributed by atoms with Crippen molar-refractivity contribution in [1.29, 1.82) is 0 Å². The van der Waals surface area contributed by atoms with Gasteiger partial charge in [-0.3, -0.25) is 0 Å². The normalized spacial score (nSPS) is 17.6. The monoisotopic (exact) mass is 242 g/mol. The average molecular weight is 242 g/mol. The molecule has 1 N–H and O–H groups in total. The molecule has 0 aromatic heterocycles. The number of rotatable bonds is 1. The van der Waals surface area contributed by atoms with E-state index in [9.17, 15) is 13.2 Å². The van der Waals surface area contributed by atoms with Gasteiger partial charge in [-0.15, -0.1) is 0 Å². The Labute approximate surface area is 92.9 Å². The summed E-state index contributed by atoms with van der Waals surface area (Å²) in [6, 6.07) is 3.79. The zero-order valence-electron chi connectivity index (χ0n) is 8.72. The third-order valence-electron chi connectivity index (χ3n) is 2.35. The van der Waals surface area contributed by atoms with Gasteiger partial charge in [0, 0.05) is 13.1 Å². The highest BCUT2D eigenvalue weighted by molar-refractivity contribution is 7.90. The number of hydrogen-bond donors (Lipinski definition) is 1. The smallest absolute Gasteiger partial charge is 0.335 e. The van der Waals surface area contributed by atoms with Crippen LogP contribution in [0.4, 0.5) is 10.5 Å². The molecule has 0 unspecified atom stereocenters. The van der Waals surface area contributed by atoms with Crippen LogP contribution in [0.3, 0.4) is 0 Å². The van der Waals surface area contributed by atoms with Crippen molar-refractivity contribution in [2.75, 3.05) is 19.5 Å². The molecule has 2 amide bonds. The second kappa shape index (κ2) is 3.38. The maximum atomic E-state index is 11.9. The maximum Gasteiger partial charge on any atom is 0.335 e. The molecule has 0 aliphatic carbocycles. The Balaban J connectivity index is 2.67. The van der Waals surface area contributed by atoms with Gasteiger partial charge in [0.25, 0.3) is 10.0 Å². The molecule has 2 rings (SSSR count). The summed E-state index contributed by atoms with van der Waals surface area (Å²) in [5.41, 5.74) is 0.268. The number of ether oxygens (including phenoxy) is 1. The van der Waals surface area contributed by atoms with Crippen molar-refractivity contribution in [3.63, 3.8) is 0 Å². The number of hydrogen-bond acceptors (Lipinski definition) is 4. The van der Waals surface area contributed by atoms with Gasteiger partial charge in [0.15, 0.2) is 0 Å². The molecule has 1 aromatic carbocycles. The fourth-order valence-electron chi connectivity index (χ4n) is 1.40. The lowest BCUT2D eigenvalue weighted by atomic mass is 10.3. The molecule has 0 bridgehead atoms. The van der Waals surface area contributed by atoms with Gasteiger partial charge in [0.1, 0.15) is 10.6 Å². The van der Waals surface area contributed by atoms with Crippen molar-refractivity contribution in [3.05, 3.63) is 18.2 Å². The van der Waals surface area contributed by atoms with Crippen molar-refractivity contribution in [2.45, 2.75) is 4.90 Å². The number of methoxy groups -OCH3 is 1. The molecule has 6 nitrogen and oxygen atoms in total. The number of urea groups is 1. The number of carbonyl (C=O) groups is 1. The SMILES string of the molecule is COc1ccc2c(c1)S(=O)(=O)N(C)C(=O)N2.